The topological polar surface area (TPSA) is 55.7 Å². The lowest BCUT2D eigenvalue weighted by molar-refractivity contribution is 0.341. The van der Waals surface area contributed by atoms with Crippen molar-refractivity contribution in [1.82, 2.24) is 0 Å². The summed E-state index contributed by atoms with van der Waals surface area (Å²) in [4.78, 5) is 9.32. The Morgan fingerprint density at radius 1 is 1.75 bits per heavy atom. The standard InChI is InChI=1S/C3H7NO3P/c1-2-8(6)7-3-4-5/h2-3H2,1H3/q+1. The molecule has 0 bridgehead atoms. The van der Waals surface area contributed by atoms with Crippen molar-refractivity contribution in [1.29, 1.82) is 0 Å². The fourth-order valence-corrected chi connectivity index (χ4v) is 0.538. The summed E-state index contributed by atoms with van der Waals surface area (Å²) in [7, 11) is -1.63. The molecule has 0 spiro atoms. The van der Waals surface area contributed by atoms with E-state index in [1.54, 1.807) is 6.92 Å². The first-order valence-electron chi connectivity index (χ1n) is 2.18. The Labute approximate surface area is 48.1 Å². The molecule has 0 aromatic heterocycles. The Morgan fingerprint density at radius 3 is 2.75 bits per heavy atom. The first-order chi connectivity index (χ1) is 3.81. The van der Waals surface area contributed by atoms with Crippen LogP contribution in [0.4, 0.5) is 0 Å². The van der Waals surface area contributed by atoms with Crippen LogP contribution in [0.1, 0.15) is 6.92 Å². The minimum atomic E-state index is -1.63. The zero-order valence-electron chi connectivity index (χ0n) is 4.53. The van der Waals surface area contributed by atoms with E-state index in [0.717, 1.165) is 0 Å². The number of nitroso groups, excluding NO2 is 1. The van der Waals surface area contributed by atoms with Gasteiger partial charge in [0, 0.05) is 0 Å². The zero-order valence-corrected chi connectivity index (χ0v) is 5.43. The number of hydrogen-bond donors (Lipinski definition) is 0. The minimum absolute atomic E-state index is 0.303. The predicted molar refractivity (Wildman–Crippen MR) is 29.9 cm³/mol. The first-order valence-corrected chi connectivity index (χ1v) is 3.54. The summed E-state index contributed by atoms with van der Waals surface area (Å²) < 4.78 is 14.7. The molecule has 0 saturated carbocycles. The largest absolute Gasteiger partial charge is 0.509 e. The van der Waals surface area contributed by atoms with Gasteiger partial charge in [-0.3, -0.25) is 0 Å². The predicted octanol–water partition coefficient (Wildman–Crippen LogP) is 1.49. The van der Waals surface area contributed by atoms with Gasteiger partial charge in [-0.05, 0) is 16.7 Å². The first kappa shape index (κ1) is 7.66. The molecule has 1 atom stereocenters. The van der Waals surface area contributed by atoms with Crippen LogP contribution >= 0.6 is 8.03 Å². The highest BCUT2D eigenvalue weighted by Crippen LogP contribution is 2.19. The lowest BCUT2D eigenvalue weighted by Gasteiger charge is -1.74. The van der Waals surface area contributed by atoms with Crippen molar-refractivity contribution >= 4 is 8.03 Å². The van der Waals surface area contributed by atoms with Crippen molar-refractivity contribution in [2.45, 2.75) is 6.92 Å². The summed E-state index contributed by atoms with van der Waals surface area (Å²) in [5.74, 6) is 0. The van der Waals surface area contributed by atoms with Crippen molar-refractivity contribution in [2.24, 2.45) is 5.18 Å². The van der Waals surface area contributed by atoms with E-state index >= 15 is 0 Å². The quantitative estimate of drug-likeness (QED) is 0.434. The molecule has 1 unspecified atom stereocenters. The van der Waals surface area contributed by atoms with Gasteiger partial charge in [-0.2, -0.15) is 0 Å². The van der Waals surface area contributed by atoms with Crippen LogP contribution in [0, 0.1) is 4.91 Å². The van der Waals surface area contributed by atoms with E-state index in [4.69, 9.17) is 0 Å². The monoisotopic (exact) mass is 136 g/mol. The highest BCUT2D eigenvalue weighted by molar-refractivity contribution is 7.39. The Bertz CT molecular complexity index is 94.5. The molecule has 0 aliphatic heterocycles. The molecule has 0 aliphatic carbocycles. The van der Waals surface area contributed by atoms with Crippen molar-refractivity contribution in [2.75, 3.05) is 12.9 Å². The van der Waals surface area contributed by atoms with E-state index in [9.17, 15) is 9.47 Å². The molecular formula is C3H7NO3P+. The zero-order chi connectivity index (χ0) is 6.41. The minimum Gasteiger partial charge on any atom is -0.148 e. The lowest BCUT2D eigenvalue weighted by Crippen LogP contribution is -1.79. The van der Waals surface area contributed by atoms with Gasteiger partial charge in [-0.15, -0.1) is 9.43 Å². The summed E-state index contributed by atoms with van der Waals surface area (Å²) in [6, 6.07) is 0. The average Bonchev–Trinajstić information content (AvgIpc) is 1.83. The Kier molecular flexibility index (Phi) is 4.61. The summed E-state index contributed by atoms with van der Waals surface area (Å²) >= 11 is 0. The molecule has 0 amide bonds. The molecule has 0 rings (SSSR count). The highest BCUT2D eigenvalue weighted by atomic mass is 31.1. The van der Waals surface area contributed by atoms with Gasteiger partial charge >= 0.3 is 8.03 Å². The third-order valence-corrected chi connectivity index (χ3v) is 1.43. The Morgan fingerprint density at radius 2 is 2.38 bits per heavy atom. The maximum Gasteiger partial charge on any atom is 0.509 e. The van der Waals surface area contributed by atoms with Crippen LogP contribution in [0.3, 0.4) is 0 Å². The molecule has 0 heterocycles. The smallest absolute Gasteiger partial charge is 0.148 e. The molecule has 46 valence electrons. The molecule has 0 fully saturated rings. The molecule has 4 nitrogen and oxygen atoms in total. The summed E-state index contributed by atoms with van der Waals surface area (Å²) in [5.41, 5.74) is 0. The second kappa shape index (κ2) is 4.81. The molecule has 0 aromatic rings. The van der Waals surface area contributed by atoms with Crippen LogP contribution < -0.4 is 0 Å². The van der Waals surface area contributed by atoms with Crippen LogP contribution in [-0.2, 0) is 9.09 Å². The van der Waals surface area contributed by atoms with Crippen molar-refractivity contribution in [3.8, 4) is 0 Å². The normalized spacial score (nSPS) is 10.9. The maximum absolute atomic E-state index is 10.3. The van der Waals surface area contributed by atoms with E-state index in [0.29, 0.717) is 6.16 Å². The second-order valence-electron chi connectivity index (χ2n) is 1.04. The number of nitrogens with zero attached hydrogens (tertiary/aromatic N) is 1. The SMILES string of the molecule is CC[P+](=O)OCN=O. The van der Waals surface area contributed by atoms with E-state index < -0.39 is 8.03 Å². The maximum atomic E-state index is 10.3. The van der Waals surface area contributed by atoms with Crippen LogP contribution in [0.25, 0.3) is 0 Å². The third-order valence-electron chi connectivity index (χ3n) is 0.513. The van der Waals surface area contributed by atoms with Gasteiger partial charge in [0.2, 0.25) is 6.73 Å². The molecule has 5 heteroatoms. The Balaban J connectivity index is 3.11. The number of hydrogen-bond acceptors (Lipinski definition) is 4. The van der Waals surface area contributed by atoms with E-state index in [1.807, 2.05) is 0 Å². The van der Waals surface area contributed by atoms with Gasteiger partial charge in [0.05, 0.1) is 0 Å². The fourth-order valence-electron chi connectivity index (χ4n) is 0.179. The van der Waals surface area contributed by atoms with Gasteiger partial charge in [-0.25, -0.2) is 0 Å². The van der Waals surface area contributed by atoms with Crippen molar-refractivity contribution in [3.05, 3.63) is 4.91 Å². The van der Waals surface area contributed by atoms with Crippen LogP contribution in [0.5, 0.6) is 0 Å². The summed E-state index contributed by atoms with van der Waals surface area (Å²) in [6.07, 6.45) is 0.435. The van der Waals surface area contributed by atoms with E-state index in [-0.39, 0.29) is 6.73 Å². The van der Waals surface area contributed by atoms with Crippen molar-refractivity contribution in [3.63, 3.8) is 0 Å². The molecule has 0 N–H and O–H groups in total. The van der Waals surface area contributed by atoms with Gasteiger partial charge in [0.1, 0.15) is 0 Å². The molecule has 0 saturated heterocycles. The van der Waals surface area contributed by atoms with Crippen LogP contribution in [-0.4, -0.2) is 12.9 Å². The molecule has 0 radical (unpaired) electrons. The second-order valence-corrected chi connectivity index (χ2v) is 2.59. The average molecular weight is 136 g/mol. The van der Waals surface area contributed by atoms with Crippen LogP contribution in [0.2, 0.25) is 0 Å². The lowest BCUT2D eigenvalue weighted by atomic mass is 11.0. The third kappa shape index (κ3) is 3.84. The van der Waals surface area contributed by atoms with E-state index in [1.165, 1.54) is 0 Å². The van der Waals surface area contributed by atoms with E-state index in [2.05, 4.69) is 9.70 Å². The molecular weight excluding hydrogens is 129 g/mol. The highest BCUT2D eigenvalue weighted by Gasteiger charge is 2.11. The fraction of sp³-hybridized carbons (Fsp3) is 1.00. The molecule has 0 aromatic carbocycles. The van der Waals surface area contributed by atoms with Gasteiger partial charge in [0.25, 0.3) is 0 Å². The van der Waals surface area contributed by atoms with Gasteiger partial charge in [0.15, 0.2) is 6.16 Å². The van der Waals surface area contributed by atoms with Gasteiger partial charge in [-0.1, -0.05) is 0 Å². The molecule has 8 heavy (non-hydrogen) atoms. The summed E-state index contributed by atoms with van der Waals surface area (Å²) in [5, 5.41) is 2.37. The molecule has 0 aliphatic rings. The number of rotatable bonds is 4. The Hall–Kier alpha value is -0.340. The summed E-state index contributed by atoms with van der Waals surface area (Å²) in [6.45, 7) is 1.41. The van der Waals surface area contributed by atoms with Crippen LogP contribution in [0.15, 0.2) is 5.18 Å². The van der Waals surface area contributed by atoms with Gasteiger partial charge < -0.3 is 0 Å². The van der Waals surface area contributed by atoms with Crippen molar-refractivity contribution < 1.29 is 9.09 Å².